The van der Waals surface area contributed by atoms with Crippen molar-refractivity contribution in [1.29, 1.82) is 0 Å². The van der Waals surface area contributed by atoms with E-state index in [9.17, 15) is 0 Å². The topological polar surface area (TPSA) is 65.0 Å². The Bertz CT molecular complexity index is 968. The lowest BCUT2D eigenvalue weighted by atomic mass is 9.84. The fraction of sp³-hybridized carbons (Fsp3) is 0.478. The molecule has 31 heavy (non-hydrogen) atoms. The first kappa shape index (κ1) is 20.5. The van der Waals surface area contributed by atoms with Crippen molar-refractivity contribution >= 4 is 34.6 Å². The quantitative estimate of drug-likeness (QED) is 0.764. The van der Waals surface area contributed by atoms with E-state index in [2.05, 4.69) is 39.6 Å². The lowest BCUT2D eigenvalue weighted by Crippen LogP contribution is -2.60. The number of nitrogens with zero attached hydrogens (tertiary/aromatic N) is 4. The van der Waals surface area contributed by atoms with E-state index in [1.165, 1.54) is 0 Å². The zero-order valence-electron chi connectivity index (χ0n) is 17.9. The molecule has 2 saturated heterocycles. The number of hydrogen-bond donors (Lipinski definition) is 2. The second-order valence-electron chi connectivity index (χ2n) is 8.44. The summed E-state index contributed by atoms with van der Waals surface area (Å²) < 4.78 is 5.50. The van der Waals surface area contributed by atoms with E-state index in [-0.39, 0.29) is 5.54 Å². The van der Waals surface area contributed by atoms with Gasteiger partial charge in [-0.05, 0) is 43.6 Å². The smallest absolute Gasteiger partial charge is 0.130 e. The fourth-order valence-corrected chi connectivity index (χ4v) is 4.99. The van der Waals surface area contributed by atoms with Gasteiger partial charge in [-0.2, -0.15) is 0 Å². The van der Waals surface area contributed by atoms with E-state index in [1.807, 2.05) is 24.4 Å². The molecule has 5 rings (SSSR count). The van der Waals surface area contributed by atoms with E-state index in [4.69, 9.17) is 26.3 Å². The molecule has 164 valence electrons. The summed E-state index contributed by atoms with van der Waals surface area (Å²) in [6.07, 6.45) is 3.94. The van der Waals surface area contributed by atoms with Crippen LogP contribution in [0.3, 0.4) is 0 Å². The molecule has 3 aliphatic heterocycles. The molecule has 3 aliphatic rings. The van der Waals surface area contributed by atoms with Gasteiger partial charge in [0.1, 0.15) is 11.7 Å². The third-order valence-electron chi connectivity index (χ3n) is 6.44. The Kier molecular flexibility index (Phi) is 5.73. The number of aliphatic imine (C=N–C) groups is 1. The van der Waals surface area contributed by atoms with Crippen LogP contribution in [-0.4, -0.2) is 62.8 Å². The van der Waals surface area contributed by atoms with Gasteiger partial charge >= 0.3 is 0 Å². The summed E-state index contributed by atoms with van der Waals surface area (Å²) in [7, 11) is 2.11. The summed E-state index contributed by atoms with van der Waals surface area (Å²) in [5, 5.41) is 8.12. The first-order valence-corrected chi connectivity index (χ1v) is 11.4. The second kappa shape index (κ2) is 8.65. The number of rotatable bonds is 3. The van der Waals surface area contributed by atoms with Crippen LogP contribution in [-0.2, 0) is 11.3 Å². The Morgan fingerprint density at radius 2 is 2.00 bits per heavy atom. The minimum atomic E-state index is -0.185. The van der Waals surface area contributed by atoms with E-state index in [0.29, 0.717) is 6.54 Å². The van der Waals surface area contributed by atoms with E-state index < -0.39 is 0 Å². The number of fused-ring (bicyclic) bond motifs is 1. The molecule has 0 radical (unpaired) electrons. The van der Waals surface area contributed by atoms with Gasteiger partial charge in [0.25, 0.3) is 0 Å². The van der Waals surface area contributed by atoms with E-state index >= 15 is 0 Å². The van der Waals surface area contributed by atoms with Gasteiger partial charge in [0.2, 0.25) is 0 Å². The molecule has 0 aliphatic carbocycles. The minimum absolute atomic E-state index is 0.185. The zero-order valence-corrected chi connectivity index (χ0v) is 18.7. The Labute approximate surface area is 188 Å². The summed E-state index contributed by atoms with van der Waals surface area (Å²) in [6, 6.07) is 10.1. The van der Waals surface area contributed by atoms with Gasteiger partial charge in [0.15, 0.2) is 0 Å². The van der Waals surface area contributed by atoms with Crippen molar-refractivity contribution < 1.29 is 4.74 Å². The largest absolute Gasteiger partial charge is 0.378 e. The SMILES string of the molecule is CN1C(=NCc2cccc(Cl)c2)C2(CCNCC2)Nc2cc(N3CCOCC3)ncc21. The first-order chi connectivity index (χ1) is 15.1. The van der Waals surface area contributed by atoms with Crippen LogP contribution in [0, 0.1) is 0 Å². The summed E-state index contributed by atoms with van der Waals surface area (Å²) in [5.41, 5.74) is 3.12. The molecule has 1 spiro atoms. The maximum atomic E-state index is 6.18. The Balaban J connectivity index is 1.49. The summed E-state index contributed by atoms with van der Waals surface area (Å²) in [5.74, 6) is 2.08. The van der Waals surface area contributed by atoms with Crippen molar-refractivity contribution in [2.24, 2.45) is 4.99 Å². The average molecular weight is 441 g/mol. The number of aromatic nitrogens is 1. The molecule has 1 aromatic heterocycles. The number of hydrogen-bond acceptors (Lipinski definition) is 6. The number of halogens is 1. The van der Waals surface area contributed by atoms with Crippen LogP contribution in [0.25, 0.3) is 0 Å². The van der Waals surface area contributed by atoms with Crippen LogP contribution in [0.2, 0.25) is 5.02 Å². The number of pyridine rings is 1. The van der Waals surface area contributed by atoms with Gasteiger partial charge in [0.05, 0.1) is 42.9 Å². The van der Waals surface area contributed by atoms with Crippen molar-refractivity contribution in [3.8, 4) is 0 Å². The fourth-order valence-electron chi connectivity index (χ4n) is 4.78. The maximum Gasteiger partial charge on any atom is 0.130 e. The van der Waals surface area contributed by atoms with Gasteiger partial charge in [0, 0.05) is 31.2 Å². The molecule has 1 aromatic carbocycles. The number of likely N-dealkylation sites (N-methyl/N-ethyl adjacent to an activating group) is 1. The normalized spacial score (nSPS) is 21.8. The summed E-state index contributed by atoms with van der Waals surface area (Å²) in [6.45, 7) is 5.79. The Hall–Kier alpha value is -2.35. The van der Waals surface area contributed by atoms with Crippen LogP contribution < -0.4 is 20.4 Å². The number of ether oxygens (including phenoxy) is 1. The molecular formula is C23H29ClN6O. The number of benzene rings is 1. The zero-order chi connectivity index (χ0) is 21.3. The maximum absolute atomic E-state index is 6.18. The molecule has 0 amide bonds. The van der Waals surface area contributed by atoms with Gasteiger partial charge in [-0.25, -0.2) is 4.98 Å². The first-order valence-electron chi connectivity index (χ1n) is 11.0. The summed E-state index contributed by atoms with van der Waals surface area (Å²) in [4.78, 5) is 14.4. The number of piperidine rings is 1. The Morgan fingerprint density at radius 3 is 2.77 bits per heavy atom. The van der Waals surface area contributed by atoms with Gasteiger partial charge in [-0.1, -0.05) is 23.7 Å². The van der Waals surface area contributed by atoms with Crippen LogP contribution in [0.4, 0.5) is 17.2 Å². The number of amidine groups is 1. The van der Waals surface area contributed by atoms with Crippen LogP contribution >= 0.6 is 11.6 Å². The van der Waals surface area contributed by atoms with Crippen LogP contribution in [0.5, 0.6) is 0 Å². The number of morpholine rings is 1. The van der Waals surface area contributed by atoms with Crippen molar-refractivity contribution in [2.75, 3.05) is 61.6 Å². The molecule has 0 saturated carbocycles. The number of anilines is 3. The van der Waals surface area contributed by atoms with Crippen molar-refractivity contribution in [3.05, 3.63) is 47.1 Å². The van der Waals surface area contributed by atoms with Crippen molar-refractivity contribution in [3.63, 3.8) is 0 Å². The third kappa shape index (κ3) is 4.10. The molecule has 2 fully saturated rings. The molecule has 4 heterocycles. The average Bonchev–Trinajstić information content (AvgIpc) is 2.80. The van der Waals surface area contributed by atoms with Crippen LogP contribution in [0.15, 0.2) is 41.5 Å². The molecule has 0 bridgehead atoms. The second-order valence-corrected chi connectivity index (χ2v) is 8.88. The third-order valence-corrected chi connectivity index (χ3v) is 6.68. The molecule has 2 aromatic rings. The lowest BCUT2D eigenvalue weighted by molar-refractivity contribution is 0.122. The lowest BCUT2D eigenvalue weighted by Gasteiger charge is -2.47. The monoisotopic (exact) mass is 440 g/mol. The molecular weight excluding hydrogens is 412 g/mol. The van der Waals surface area contributed by atoms with Crippen molar-refractivity contribution in [2.45, 2.75) is 24.9 Å². The van der Waals surface area contributed by atoms with Gasteiger partial charge in [-0.3, -0.25) is 4.99 Å². The van der Waals surface area contributed by atoms with E-state index in [0.717, 1.165) is 85.8 Å². The highest BCUT2D eigenvalue weighted by molar-refractivity contribution is 6.30. The van der Waals surface area contributed by atoms with Gasteiger partial charge in [-0.15, -0.1) is 0 Å². The predicted octanol–water partition coefficient (Wildman–Crippen LogP) is 3.15. The molecule has 2 N–H and O–H groups in total. The highest BCUT2D eigenvalue weighted by atomic mass is 35.5. The standard InChI is InChI=1S/C23H29ClN6O/c1-29-20-16-26-21(30-9-11-31-12-10-30)14-19(20)28-23(5-7-25-8-6-23)22(29)27-15-17-3-2-4-18(24)13-17/h2-4,13-14,16,25,28H,5-12,15H2,1H3. The molecule has 0 unspecified atom stereocenters. The summed E-state index contributed by atoms with van der Waals surface area (Å²) >= 11 is 6.18. The molecule has 7 nitrogen and oxygen atoms in total. The highest BCUT2D eigenvalue weighted by Gasteiger charge is 2.43. The predicted molar refractivity (Wildman–Crippen MR) is 127 cm³/mol. The van der Waals surface area contributed by atoms with Crippen LogP contribution in [0.1, 0.15) is 18.4 Å². The molecule has 8 heteroatoms. The van der Waals surface area contributed by atoms with E-state index in [1.54, 1.807) is 0 Å². The molecule has 0 atom stereocenters. The highest BCUT2D eigenvalue weighted by Crippen LogP contribution is 2.40. The number of nitrogens with one attached hydrogen (secondary N) is 2. The minimum Gasteiger partial charge on any atom is -0.378 e. The van der Waals surface area contributed by atoms with Crippen molar-refractivity contribution in [1.82, 2.24) is 10.3 Å². The van der Waals surface area contributed by atoms with Gasteiger partial charge < -0.3 is 25.2 Å². The Morgan fingerprint density at radius 1 is 1.19 bits per heavy atom.